The molecule has 0 fully saturated rings. The molecule has 0 radical (unpaired) electrons. The number of unbranched alkanes of at least 4 members (excludes halogenated alkanes) is 11. The van der Waals surface area contributed by atoms with Gasteiger partial charge in [-0.25, -0.2) is 19.2 Å². The largest absolute Gasteiger partial charge is 0.481 e. The van der Waals surface area contributed by atoms with Gasteiger partial charge >= 0.3 is 30.2 Å². The second kappa shape index (κ2) is 39.0. The summed E-state index contributed by atoms with van der Waals surface area (Å²) in [4.78, 5) is 121. The number of hydroxylamine groups is 1. The Bertz CT molecular complexity index is 1770. The van der Waals surface area contributed by atoms with Crippen molar-refractivity contribution in [3.63, 3.8) is 0 Å². The third-order valence-electron chi connectivity index (χ3n) is 10.9. The Balaban J connectivity index is 5.05. The van der Waals surface area contributed by atoms with E-state index < -0.39 is 58.7 Å². The van der Waals surface area contributed by atoms with Crippen molar-refractivity contribution in [3.8, 4) is 0 Å². The maximum absolute atomic E-state index is 13.3. The van der Waals surface area contributed by atoms with Crippen LogP contribution in [0.2, 0.25) is 0 Å². The summed E-state index contributed by atoms with van der Waals surface area (Å²) in [5.74, 6) is -2.66. The molecule has 0 aromatic rings. The number of amides is 7. The van der Waals surface area contributed by atoms with Crippen molar-refractivity contribution in [2.45, 2.75) is 246 Å². The zero-order chi connectivity index (χ0) is 58.5. The fraction of sp³-hybridized carbons (Fsp3) is 0.836. The summed E-state index contributed by atoms with van der Waals surface area (Å²) in [5, 5.41) is 19.8. The number of hydrogen-bond acceptors (Lipinski definition) is 14. The van der Waals surface area contributed by atoms with Crippen LogP contribution in [0.25, 0.3) is 0 Å². The molecular formula is C55H101N7O15. The van der Waals surface area contributed by atoms with Gasteiger partial charge in [0.25, 0.3) is 0 Å². The van der Waals surface area contributed by atoms with E-state index in [1.54, 1.807) is 92.9 Å². The van der Waals surface area contributed by atoms with Crippen LogP contribution in [-0.2, 0) is 52.6 Å². The second-order valence-electron chi connectivity index (χ2n) is 23.3. The molecule has 0 heterocycles. The number of hydrogen-bond donors (Lipinski definition) is 6. The van der Waals surface area contributed by atoms with Crippen LogP contribution in [0.3, 0.4) is 0 Å². The Morgan fingerprint density at radius 3 is 1.21 bits per heavy atom. The number of carboxylic acid groups (broad SMARTS) is 1. The minimum atomic E-state index is -1.000. The van der Waals surface area contributed by atoms with Crippen LogP contribution >= 0.6 is 0 Å². The molecule has 0 unspecified atom stereocenters. The number of nitrogens with zero attached hydrogens (tertiary/aromatic N) is 2. The average molecular weight is 1100 g/mol. The molecule has 0 aliphatic carbocycles. The molecule has 0 saturated heterocycles. The smallest absolute Gasteiger partial charge is 0.431 e. The number of carbonyl (C=O) groups excluding carboxylic acids is 8. The standard InChI is InChI=1S/C55H101N7O15/c1-52(2,3)74-48(69)42(59-46(66)28-22-20-18-16-14-13-15-17-19-21-23-29-47(67)68)30-31-43(63)56-34-26-39-61(50(71)76-54(7,8)9)37-24-25-38-62(51(72)77-55(10,11)12)40-27-35-57-44(64)32-33-45(65)58-36-41-73-60-49(70)75-53(4,5)6/h42H,13-41H2,1-12H3,(H,56,63)(H,57,64)(H,58,65)(H,59,66)(H,60,70)(H,67,68)/t42-/m0/s1. The lowest BCUT2D eigenvalue weighted by atomic mass is 10.0. The molecule has 0 bridgehead atoms. The Kier molecular flexibility index (Phi) is 36.3. The van der Waals surface area contributed by atoms with Crippen molar-refractivity contribution in [1.82, 2.24) is 36.5 Å². The molecule has 22 heteroatoms. The highest BCUT2D eigenvalue weighted by Crippen LogP contribution is 2.17. The molecule has 0 aliphatic heterocycles. The van der Waals surface area contributed by atoms with E-state index in [-0.39, 0.29) is 101 Å². The van der Waals surface area contributed by atoms with E-state index in [0.717, 1.165) is 64.2 Å². The summed E-state index contributed by atoms with van der Waals surface area (Å²) in [5.41, 5.74) is -0.863. The van der Waals surface area contributed by atoms with Crippen LogP contribution in [0.15, 0.2) is 0 Å². The number of esters is 1. The highest BCUT2D eigenvalue weighted by Gasteiger charge is 2.28. The molecule has 0 spiro atoms. The Labute approximate surface area is 459 Å². The maximum atomic E-state index is 13.3. The second-order valence-corrected chi connectivity index (χ2v) is 23.3. The highest BCUT2D eigenvalue weighted by molar-refractivity contribution is 5.86. The summed E-state index contributed by atoms with van der Waals surface area (Å²) in [6, 6.07) is -1.000. The van der Waals surface area contributed by atoms with Gasteiger partial charge in [0.1, 0.15) is 28.4 Å². The fourth-order valence-corrected chi connectivity index (χ4v) is 7.30. The SMILES string of the molecule is CC(C)(C)OC(=O)NOCCNC(=O)CCC(=O)NCCCN(CCCCN(CCCNC(=O)CC[C@H](NC(=O)CCCCCCCCCCCCCC(=O)O)C(=O)OC(C)(C)C)C(=O)OC(C)(C)C)C(=O)OC(C)(C)C. The van der Waals surface area contributed by atoms with Gasteiger partial charge in [0.15, 0.2) is 0 Å². The predicted molar refractivity (Wildman–Crippen MR) is 292 cm³/mol. The van der Waals surface area contributed by atoms with Crippen LogP contribution in [0, 0.1) is 0 Å². The quantitative estimate of drug-likeness (QED) is 0.0146. The van der Waals surface area contributed by atoms with Crippen LogP contribution in [0.5, 0.6) is 0 Å². The summed E-state index contributed by atoms with van der Waals surface area (Å²) in [7, 11) is 0. The first kappa shape index (κ1) is 71.6. The minimum Gasteiger partial charge on any atom is -0.481 e. The van der Waals surface area contributed by atoms with Gasteiger partial charge in [-0.2, -0.15) is 5.48 Å². The number of carboxylic acids is 1. The number of aliphatic carboxylic acids is 1. The number of rotatable bonds is 39. The molecule has 77 heavy (non-hydrogen) atoms. The number of nitrogens with one attached hydrogen (secondary N) is 5. The van der Waals surface area contributed by atoms with E-state index in [9.17, 15) is 43.2 Å². The zero-order valence-electron chi connectivity index (χ0n) is 49.1. The average Bonchev–Trinajstić information content (AvgIpc) is 3.28. The third kappa shape index (κ3) is 45.3. The first-order valence-corrected chi connectivity index (χ1v) is 28.0. The van der Waals surface area contributed by atoms with Crippen molar-refractivity contribution in [1.29, 1.82) is 0 Å². The zero-order valence-corrected chi connectivity index (χ0v) is 49.1. The van der Waals surface area contributed by atoms with E-state index in [0.29, 0.717) is 45.2 Å². The summed E-state index contributed by atoms with van der Waals surface area (Å²) in [6.07, 6.45) is 11.3. The summed E-state index contributed by atoms with van der Waals surface area (Å²) in [6.45, 7) is 22.7. The van der Waals surface area contributed by atoms with Crippen LogP contribution in [0.1, 0.15) is 218 Å². The molecule has 7 amide bonds. The van der Waals surface area contributed by atoms with E-state index in [1.807, 2.05) is 0 Å². The highest BCUT2D eigenvalue weighted by atomic mass is 16.7. The maximum Gasteiger partial charge on any atom is 0.431 e. The first-order chi connectivity index (χ1) is 35.9. The third-order valence-corrected chi connectivity index (χ3v) is 10.9. The molecule has 0 aromatic carbocycles. The van der Waals surface area contributed by atoms with Crippen molar-refractivity contribution in [3.05, 3.63) is 0 Å². The molecule has 0 rings (SSSR count). The predicted octanol–water partition coefficient (Wildman–Crippen LogP) is 8.37. The first-order valence-electron chi connectivity index (χ1n) is 28.0. The van der Waals surface area contributed by atoms with E-state index in [1.165, 1.54) is 0 Å². The molecule has 446 valence electrons. The van der Waals surface area contributed by atoms with Crippen molar-refractivity contribution < 1.29 is 72.0 Å². The molecule has 0 saturated carbocycles. The topological polar surface area (TPSA) is 287 Å². The molecule has 22 nitrogen and oxygen atoms in total. The Morgan fingerprint density at radius 2 is 0.792 bits per heavy atom. The summed E-state index contributed by atoms with van der Waals surface area (Å²) < 4.78 is 22.0. The van der Waals surface area contributed by atoms with Gasteiger partial charge < -0.3 is 55.1 Å². The van der Waals surface area contributed by atoms with Gasteiger partial charge in [0.05, 0.1) is 6.61 Å². The van der Waals surface area contributed by atoms with Crippen molar-refractivity contribution in [2.75, 3.05) is 52.4 Å². The van der Waals surface area contributed by atoms with Crippen LogP contribution in [-0.4, -0.2) is 150 Å². The lowest BCUT2D eigenvalue weighted by molar-refractivity contribution is -0.159. The Hall–Kier alpha value is -5.41. The lowest BCUT2D eigenvalue weighted by Crippen LogP contribution is -2.44. The molecule has 1 atom stereocenters. The lowest BCUT2D eigenvalue weighted by Gasteiger charge is -2.29. The Morgan fingerprint density at radius 1 is 0.416 bits per heavy atom. The van der Waals surface area contributed by atoms with Gasteiger partial charge in [0.2, 0.25) is 23.6 Å². The number of carbonyl (C=O) groups is 9. The fourth-order valence-electron chi connectivity index (χ4n) is 7.30. The molecular weight excluding hydrogens is 999 g/mol. The van der Waals surface area contributed by atoms with Gasteiger partial charge in [-0.15, -0.1) is 0 Å². The van der Waals surface area contributed by atoms with Gasteiger partial charge in [0, 0.05) is 77.9 Å². The van der Waals surface area contributed by atoms with Gasteiger partial charge in [-0.1, -0.05) is 57.8 Å². The van der Waals surface area contributed by atoms with Crippen molar-refractivity contribution in [2.24, 2.45) is 0 Å². The van der Waals surface area contributed by atoms with Gasteiger partial charge in [-0.05, 0) is 128 Å². The molecule has 6 N–H and O–H groups in total. The van der Waals surface area contributed by atoms with E-state index in [4.69, 9.17) is 28.9 Å². The normalized spacial score (nSPS) is 12.1. The van der Waals surface area contributed by atoms with Crippen LogP contribution in [0.4, 0.5) is 14.4 Å². The minimum absolute atomic E-state index is 0.00419. The van der Waals surface area contributed by atoms with E-state index >= 15 is 0 Å². The molecule has 0 aliphatic rings. The summed E-state index contributed by atoms with van der Waals surface area (Å²) >= 11 is 0. The number of ether oxygens (including phenoxy) is 4. The van der Waals surface area contributed by atoms with Crippen LogP contribution < -0.4 is 26.7 Å². The van der Waals surface area contributed by atoms with Crippen molar-refractivity contribution >= 4 is 53.8 Å². The molecule has 0 aromatic heterocycles. The van der Waals surface area contributed by atoms with Gasteiger partial charge in [-0.3, -0.25) is 28.8 Å². The monoisotopic (exact) mass is 1100 g/mol. The van der Waals surface area contributed by atoms with E-state index in [2.05, 4.69) is 26.7 Å².